The predicted molar refractivity (Wildman–Crippen MR) is 94.6 cm³/mol. The highest BCUT2D eigenvalue weighted by Crippen LogP contribution is 2.14. The first-order valence-electron chi connectivity index (χ1n) is 6.94. The van der Waals surface area contributed by atoms with Crippen molar-refractivity contribution in [2.75, 3.05) is 0 Å². The Hall–Kier alpha value is -1.89. The van der Waals surface area contributed by atoms with E-state index in [1.165, 1.54) is 5.56 Å². The fraction of sp³-hybridized carbons (Fsp3) is 0.176. The maximum absolute atomic E-state index is 12.0. The van der Waals surface area contributed by atoms with Gasteiger partial charge < -0.3 is 0 Å². The van der Waals surface area contributed by atoms with Gasteiger partial charge in [0.15, 0.2) is 0 Å². The molecule has 0 bridgehead atoms. The smallest absolute Gasteiger partial charge is 0.267 e. The number of carbonyl (C=O) groups is 2. The van der Waals surface area contributed by atoms with Crippen LogP contribution < -0.4 is 10.9 Å². The number of hydrogen-bond donors (Lipinski definition) is 2. The highest BCUT2D eigenvalue weighted by molar-refractivity contribution is 14.1. The number of amides is 2. The van der Waals surface area contributed by atoms with Crippen LogP contribution in [0.5, 0.6) is 0 Å². The molecule has 2 aromatic carbocycles. The molecule has 0 heterocycles. The van der Waals surface area contributed by atoms with E-state index in [0.29, 0.717) is 17.0 Å². The van der Waals surface area contributed by atoms with Gasteiger partial charge in [0.2, 0.25) is 0 Å². The van der Waals surface area contributed by atoms with Gasteiger partial charge in [0.1, 0.15) is 0 Å². The van der Waals surface area contributed by atoms with Crippen LogP contribution in [0.3, 0.4) is 0 Å². The van der Waals surface area contributed by atoms with Crippen molar-refractivity contribution in [3.05, 3.63) is 68.8 Å². The minimum atomic E-state index is -0.338. The molecule has 114 valence electrons. The predicted octanol–water partition coefficient (Wildman–Crippen LogP) is 3.49. The number of benzene rings is 2. The number of nitrogens with one attached hydrogen (secondary N) is 2. The van der Waals surface area contributed by atoms with Crippen molar-refractivity contribution < 1.29 is 9.59 Å². The first-order chi connectivity index (χ1) is 10.5. The van der Waals surface area contributed by atoms with E-state index in [4.69, 9.17) is 0 Å². The van der Waals surface area contributed by atoms with Gasteiger partial charge in [-0.05, 0) is 58.3 Å². The third kappa shape index (κ3) is 4.07. The number of hydrazine groups is 1. The third-order valence-corrected chi connectivity index (χ3v) is 4.19. The van der Waals surface area contributed by atoms with Crippen LogP contribution in [-0.2, 0) is 0 Å². The maximum atomic E-state index is 12.0. The number of hydrogen-bond acceptors (Lipinski definition) is 2. The third-order valence-electron chi connectivity index (χ3n) is 3.25. The van der Waals surface area contributed by atoms with E-state index in [9.17, 15) is 9.59 Å². The molecule has 2 aromatic rings. The first kappa shape index (κ1) is 16.5. The van der Waals surface area contributed by atoms with Gasteiger partial charge in [-0.1, -0.05) is 38.1 Å². The largest absolute Gasteiger partial charge is 0.270 e. The molecular formula is C17H17IN2O2. The molecule has 5 heteroatoms. The summed E-state index contributed by atoms with van der Waals surface area (Å²) >= 11 is 2.08. The van der Waals surface area contributed by atoms with Gasteiger partial charge in [-0.2, -0.15) is 0 Å². The number of carbonyl (C=O) groups excluding carboxylic acids is 2. The van der Waals surface area contributed by atoms with E-state index in [2.05, 4.69) is 47.3 Å². The van der Waals surface area contributed by atoms with Crippen molar-refractivity contribution in [2.45, 2.75) is 19.8 Å². The monoisotopic (exact) mass is 408 g/mol. The van der Waals surface area contributed by atoms with Crippen LogP contribution in [-0.4, -0.2) is 11.8 Å². The topological polar surface area (TPSA) is 58.2 Å². The summed E-state index contributed by atoms with van der Waals surface area (Å²) in [5, 5.41) is 0. The zero-order valence-corrected chi connectivity index (χ0v) is 14.5. The van der Waals surface area contributed by atoms with E-state index < -0.39 is 0 Å². The maximum Gasteiger partial charge on any atom is 0.270 e. The van der Waals surface area contributed by atoms with Crippen molar-refractivity contribution in [2.24, 2.45) is 0 Å². The summed E-state index contributed by atoms with van der Waals surface area (Å²) in [6.07, 6.45) is 0. The number of rotatable bonds is 3. The lowest BCUT2D eigenvalue weighted by atomic mass is 10.0. The molecule has 0 saturated heterocycles. The Kier molecular flexibility index (Phi) is 5.54. The van der Waals surface area contributed by atoms with Gasteiger partial charge in [0.05, 0.1) is 5.56 Å². The molecule has 2 rings (SSSR count). The lowest BCUT2D eigenvalue weighted by molar-refractivity contribution is 0.0846. The fourth-order valence-corrected chi connectivity index (χ4v) is 2.55. The van der Waals surface area contributed by atoms with Crippen LogP contribution >= 0.6 is 22.6 Å². The van der Waals surface area contributed by atoms with E-state index in [0.717, 1.165) is 3.57 Å². The highest BCUT2D eigenvalue weighted by atomic mass is 127. The Bertz CT molecular complexity index is 681. The molecule has 0 spiro atoms. The molecule has 0 radical (unpaired) electrons. The van der Waals surface area contributed by atoms with Crippen molar-refractivity contribution >= 4 is 34.4 Å². The molecule has 0 unspecified atom stereocenters. The SMILES string of the molecule is CC(C)c1ccc(C(=O)NNC(=O)c2ccccc2I)cc1. The van der Waals surface area contributed by atoms with Crippen molar-refractivity contribution in [3.63, 3.8) is 0 Å². The van der Waals surface area contributed by atoms with Crippen LogP contribution in [0.2, 0.25) is 0 Å². The average Bonchev–Trinajstić information content (AvgIpc) is 2.52. The van der Waals surface area contributed by atoms with E-state index in [-0.39, 0.29) is 11.8 Å². The zero-order valence-electron chi connectivity index (χ0n) is 12.4. The number of halogens is 1. The molecule has 0 saturated carbocycles. The van der Waals surface area contributed by atoms with E-state index >= 15 is 0 Å². The van der Waals surface area contributed by atoms with E-state index in [1.807, 2.05) is 24.3 Å². The molecule has 2 amide bonds. The summed E-state index contributed by atoms with van der Waals surface area (Å²) in [5.41, 5.74) is 7.06. The summed E-state index contributed by atoms with van der Waals surface area (Å²) in [4.78, 5) is 24.0. The minimum absolute atomic E-state index is 0.336. The van der Waals surface area contributed by atoms with Gasteiger partial charge in [-0.3, -0.25) is 20.4 Å². The molecule has 0 aliphatic carbocycles. The second-order valence-electron chi connectivity index (χ2n) is 5.16. The van der Waals surface area contributed by atoms with Crippen LogP contribution in [0.25, 0.3) is 0 Å². The van der Waals surface area contributed by atoms with Gasteiger partial charge in [0, 0.05) is 9.13 Å². The van der Waals surface area contributed by atoms with Gasteiger partial charge >= 0.3 is 0 Å². The lowest BCUT2D eigenvalue weighted by Crippen LogP contribution is -2.41. The van der Waals surface area contributed by atoms with Crippen molar-refractivity contribution in [1.29, 1.82) is 0 Å². The minimum Gasteiger partial charge on any atom is -0.267 e. The molecule has 4 nitrogen and oxygen atoms in total. The summed E-state index contributed by atoms with van der Waals surface area (Å²) in [6, 6.07) is 14.5. The molecular weight excluding hydrogens is 391 g/mol. The molecule has 0 aliphatic heterocycles. The molecule has 0 aromatic heterocycles. The first-order valence-corrected chi connectivity index (χ1v) is 8.02. The summed E-state index contributed by atoms with van der Waals surface area (Å²) in [7, 11) is 0. The summed E-state index contributed by atoms with van der Waals surface area (Å²) in [6.45, 7) is 4.19. The summed E-state index contributed by atoms with van der Waals surface area (Å²) < 4.78 is 0.827. The average molecular weight is 408 g/mol. The van der Waals surface area contributed by atoms with Gasteiger partial charge in [-0.25, -0.2) is 0 Å². The molecule has 0 fully saturated rings. The van der Waals surface area contributed by atoms with Crippen LogP contribution in [0.4, 0.5) is 0 Å². The fourth-order valence-electron chi connectivity index (χ4n) is 1.92. The molecule has 22 heavy (non-hydrogen) atoms. The second-order valence-corrected chi connectivity index (χ2v) is 6.33. The normalized spacial score (nSPS) is 10.4. The highest BCUT2D eigenvalue weighted by Gasteiger charge is 2.11. The molecule has 0 atom stereocenters. The van der Waals surface area contributed by atoms with Crippen LogP contribution in [0.15, 0.2) is 48.5 Å². The van der Waals surface area contributed by atoms with Gasteiger partial charge in [0.25, 0.3) is 11.8 Å². The summed E-state index contributed by atoms with van der Waals surface area (Å²) in [5.74, 6) is -0.260. The standard InChI is InChI=1S/C17H17IN2O2/c1-11(2)12-7-9-13(10-8-12)16(21)19-20-17(22)14-5-3-4-6-15(14)18/h3-11H,1-2H3,(H,19,21)(H,20,22). The molecule has 2 N–H and O–H groups in total. The Morgan fingerprint density at radius 2 is 1.50 bits per heavy atom. The van der Waals surface area contributed by atoms with Crippen LogP contribution in [0.1, 0.15) is 46.0 Å². The van der Waals surface area contributed by atoms with Gasteiger partial charge in [-0.15, -0.1) is 0 Å². The van der Waals surface area contributed by atoms with E-state index in [1.54, 1.807) is 24.3 Å². The quantitative estimate of drug-likeness (QED) is 0.604. The zero-order chi connectivity index (χ0) is 16.1. The van der Waals surface area contributed by atoms with Crippen LogP contribution in [0, 0.1) is 3.57 Å². The van der Waals surface area contributed by atoms with Crippen molar-refractivity contribution in [1.82, 2.24) is 10.9 Å². The molecule has 0 aliphatic rings. The Morgan fingerprint density at radius 3 is 2.09 bits per heavy atom. The Morgan fingerprint density at radius 1 is 0.909 bits per heavy atom. The Balaban J connectivity index is 1.98. The second kappa shape index (κ2) is 7.40. The Labute approximate surface area is 143 Å². The van der Waals surface area contributed by atoms with Crippen molar-refractivity contribution in [3.8, 4) is 0 Å². The lowest BCUT2D eigenvalue weighted by Gasteiger charge is -2.10.